The van der Waals surface area contributed by atoms with Crippen LogP contribution in [0.4, 0.5) is 5.69 Å². The van der Waals surface area contributed by atoms with Crippen LogP contribution in [-0.2, 0) is 0 Å². The van der Waals surface area contributed by atoms with Gasteiger partial charge in [0, 0.05) is 4.47 Å². The minimum absolute atomic E-state index is 0.104. The molecule has 0 unspecified atom stereocenters. The number of anilines is 1. The average Bonchev–Trinajstić information content (AvgIpc) is 2.51. The Bertz CT molecular complexity index is 655. The van der Waals surface area contributed by atoms with Crippen molar-refractivity contribution in [3.05, 3.63) is 52.5 Å². The van der Waals surface area contributed by atoms with E-state index in [-0.39, 0.29) is 6.10 Å². The number of hydrogen-bond acceptors (Lipinski definition) is 4. The number of ether oxygens (including phenoxy) is 2. The summed E-state index contributed by atoms with van der Waals surface area (Å²) in [5.74, 6) is 1.48. The van der Waals surface area contributed by atoms with Gasteiger partial charge in [-0.05, 0) is 68.8 Å². The molecule has 0 radical (unpaired) electrons. The molecule has 0 aliphatic rings. The van der Waals surface area contributed by atoms with E-state index in [2.05, 4.69) is 26.5 Å². The van der Waals surface area contributed by atoms with E-state index < -0.39 is 0 Å². The summed E-state index contributed by atoms with van der Waals surface area (Å²) in [6.07, 6.45) is 1.86. The van der Waals surface area contributed by atoms with Crippen molar-refractivity contribution < 1.29 is 9.47 Å². The maximum absolute atomic E-state index is 5.75. The summed E-state index contributed by atoms with van der Waals surface area (Å²) in [7, 11) is 0. The summed E-state index contributed by atoms with van der Waals surface area (Å²) in [5, 5.41) is 4.25. The molecule has 0 saturated carbocycles. The van der Waals surface area contributed by atoms with Gasteiger partial charge in [-0.1, -0.05) is 15.9 Å². The highest BCUT2D eigenvalue weighted by Gasteiger charge is 2.07. The van der Waals surface area contributed by atoms with Gasteiger partial charge in [-0.3, -0.25) is 5.43 Å². The SMILES string of the molecule is CCOc1cc(C=NNc2ccc(Br)cc2)ccc1OC(C)C. The monoisotopic (exact) mass is 376 g/mol. The van der Waals surface area contributed by atoms with Crippen LogP contribution in [0.5, 0.6) is 11.5 Å². The van der Waals surface area contributed by atoms with Crippen LogP contribution in [0, 0.1) is 0 Å². The first-order valence-corrected chi connectivity index (χ1v) is 8.36. The molecule has 2 rings (SSSR count). The lowest BCUT2D eigenvalue weighted by Crippen LogP contribution is -2.07. The molecular formula is C18H21BrN2O2. The van der Waals surface area contributed by atoms with Crippen LogP contribution in [0.3, 0.4) is 0 Å². The second-order valence-corrected chi connectivity index (χ2v) is 6.10. The molecule has 2 aromatic rings. The molecule has 0 fully saturated rings. The lowest BCUT2D eigenvalue weighted by molar-refractivity contribution is 0.224. The molecule has 0 bridgehead atoms. The van der Waals surface area contributed by atoms with Crippen molar-refractivity contribution in [2.24, 2.45) is 5.10 Å². The van der Waals surface area contributed by atoms with Crippen LogP contribution < -0.4 is 14.9 Å². The van der Waals surface area contributed by atoms with Gasteiger partial charge in [-0.2, -0.15) is 5.10 Å². The van der Waals surface area contributed by atoms with Crippen molar-refractivity contribution in [1.82, 2.24) is 0 Å². The smallest absolute Gasteiger partial charge is 0.161 e. The number of nitrogens with zero attached hydrogens (tertiary/aromatic N) is 1. The maximum Gasteiger partial charge on any atom is 0.161 e. The molecule has 5 heteroatoms. The number of nitrogens with one attached hydrogen (secondary N) is 1. The van der Waals surface area contributed by atoms with Crippen LogP contribution in [0.1, 0.15) is 26.3 Å². The fourth-order valence-corrected chi connectivity index (χ4v) is 2.19. The van der Waals surface area contributed by atoms with Gasteiger partial charge < -0.3 is 9.47 Å². The average molecular weight is 377 g/mol. The fraction of sp³-hybridized carbons (Fsp3) is 0.278. The molecule has 0 aromatic heterocycles. The van der Waals surface area contributed by atoms with E-state index in [0.29, 0.717) is 6.61 Å². The molecule has 0 heterocycles. The third-order valence-electron chi connectivity index (χ3n) is 2.88. The molecule has 23 heavy (non-hydrogen) atoms. The molecule has 0 aliphatic carbocycles. The van der Waals surface area contributed by atoms with Crippen LogP contribution in [-0.4, -0.2) is 18.9 Å². The third kappa shape index (κ3) is 5.60. The first-order valence-electron chi connectivity index (χ1n) is 7.56. The minimum atomic E-state index is 0.104. The summed E-state index contributed by atoms with van der Waals surface area (Å²) >= 11 is 3.40. The molecule has 1 N–H and O–H groups in total. The molecule has 4 nitrogen and oxygen atoms in total. The second kappa shape index (κ2) is 8.58. The Kier molecular flexibility index (Phi) is 6.47. The third-order valence-corrected chi connectivity index (χ3v) is 3.41. The van der Waals surface area contributed by atoms with Gasteiger partial charge in [0.15, 0.2) is 11.5 Å². The van der Waals surface area contributed by atoms with Gasteiger partial charge >= 0.3 is 0 Å². The first-order chi connectivity index (χ1) is 11.1. The second-order valence-electron chi connectivity index (χ2n) is 5.18. The van der Waals surface area contributed by atoms with Crippen LogP contribution in [0.15, 0.2) is 52.0 Å². The zero-order valence-corrected chi connectivity index (χ0v) is 15.1. The van der Waals surface area contributed by atoms with Crippen molar-refractivity contribution in [1.29, 1.82) is 0 Å². The lowest BCUT2D eigenvalue weighted by atomic mass is 10.2. The summed E-state index contributed by atoms with van der Waals surface area (Å²) < 4.78 is 12.4. The Hall–Kier alpha value is -2.01. The Labute approximate surface area is 145 Å². The number of halogens is 1. The van der Waals surface area contributed by atoms with E-state index in [1.807, 2.05) is 63.2 Å². The van der Waals surface area contributed by atoms with Gasteiger partial charge in [0.1, 0.15) is 0 Å². The van der Waals surface area contributed by atoms with Crippen LogP contribution in [0.25, 0.3) is 0 Å². The lowest BCUT2D eigenvalue weighted by Gasteiger charge is -2.14. The van der Waals surface area contributed by atoms with Gasteiger partial charge in [-0.25, -0.2) is 0 Å². The maximum atomic E-state index is 5.75. The molecular weight excluding hydrogens is 356 g/mol. The Morgan fingerprint density at radius 2 is 1.87 bits per heavy atom. The first kappa shape index (κ1) is 17.3. The van der Waals surface area contributed by atoms with Crippen molar-refractivity contribution >= 4 is 27.8 Å². The highest BCUT2D eigenvalue weighted by atomic mass is 79.9. The molecule has 0 atom stereocenters. The number of benzene rings is 2. The predicted octanol–water partition coefficient (Wildman–Crippen LogP) is 5.08. The summed E-state index contributed by atoms with van der Waals surface area (Å²) in [5.41, 5.74) is 4.86. The van der Waals surface area contributed by atoms with Crippen molar-refractivity contribution in [2.75, 3.05) is 12.0 Å². The van der Waals surface area contributed by atoms with E-state index in [1.165, 1.54) is 0 Å². The normalized spacial score (nSPS) is 11.0. The van der Waals surface area contributed by atoms with Gasteiger partial charge in [0.05, 0.1) is 24.6 Å². The number of hydrogen-bond donors (Lipinski definition) is 1. The molecule has 122 valence electrons. The van der Waals surface area contributed by atoms with E-state index in [4.69, 9.17) is 9.47 Å². The van der Waals surface area contributed by atoms with E-state index >= 15 is 0 Å². The molecule has 0 saturated heterocycles. The highest BCUT2D eigenvalue weighted by Crippen LogP contribution is 2.29. The highest BCUT2D eigenvalue weighted by molar-refractivity contribution is 9.10. The zero-order chi connectivity index (χ0) is 16.7. The zero-order valence-electron chi connectivity index (χ0n) is 13.5. The molecule has 0 amide bonds. The van der Waals surface area contributed by atoms with Crippen LogP contribution >= 0.6 is 15.9 Å². The van der Waals surface area contributed by atoms with Crippen molar-refractivity contribution in [3.63, 3.8) is 0 Å². The fourth-order valence-electron chi connectivity index (χ4n) is 1.93. The van der Waals surface area contributed by atoms with Gasteiger partial charge in [0.2, 0.25) is 0 Å². The molecule has 2 aromatic carbocycles. The largest absolute Gasteiger partial charge is 0.490 e. The number of hydrazone groups is 1. The summed E-state index contributed by atoms with van der Waals surface area (Å²) in [4.78, 5) is 0. The Morgan fingerprint density at radius 3 is 2.52 bits per heavy atom. The van der Waals surface area contributed by atoms with Crippen molar-refractivity contribution in [3.8, 4) is 11.5 Å². The van der Waals surface area contributed by atoms with E-state index in [1.54, 1.807) is 6.21 Å². The Balaban J connectivity index is 2.08. The van der Waals surface area contributed by atoms with E-state index in [9.17, 15) is 0 Å². The van der Waals surface area contributed by atoms with Crippen LogP contribution in [0.2, 0.25) is 0 Å². The van der Waals surface area contributed by atoms with Crippen molar-refractivity contribution in [2.45, 2.75) is 26.9 Å². The van der Waals surface area contributed by atoms with Gasteiger partial charge in [0.25, 0.3) is 0 Å². The minimum Gasteiger partial charge on any atom is -0.490 e. The van der Waals surface area contributed by atoms with E-state index in [0.717, 1.165) is 27.2 Å². The quantitative estimate of drug-likeness (QED) is 0.541. The Morgan fingerprint density at radius 1 is 1.13 bits per heavy atom. The predicted molar refractivity (Wildman–Crippen MR) is 98.7 cm³/mol. The summed E-state index contributed by atoms with van der Waals surface area (Å²) in [6.45, 7) is 6.53. The topological polar surface area (TPSA) is 42.8 Å². The number of rotatable bonds is 7. The molecule has 0 aliphatic heterocycles. The standard InChI is InChI=1S/C18H21BrN2O2/c1-4-22-18-11-14(5-10-17(18)23-13(2)3)12-20-21-16-8-6-15(19)7-9-16/h5-13,21H,4H2,1-3H3. The molecule has 0 spiro atoms. The summed E-state index contributed by atoms with van der Waals surface area (Å²) in [6, 6.07) is 13.6. The van der Waals surface area contributed by atoms with Gasteiger partial charge in [-0.15, -0.1) is 0 Å².